The molecule has 0 bridgehead atoms. The lowest BCUT2D eigenvalue weighted by Crippen LogP contribution is -1.94. The molecule has 0 saturated carbocycles. The average Bonchev–Trinajstić information content (AvgIpc) is 2.41. The summed E-state index contributed by atoms with van der Waals surface area (Å²) >= 11 is 6.58. The van der Waals surface area contributed by atoms with Crippen molar-refractivity contribution < 1.29 is 4.74 Å². The molecule has 0 N–H and O–H groups in total. The van der Waals surface area contributed by atoms with E-state index >= 15 is 0 Å². The van der Waals surface area contributed by atoms with Crippen LogP contribution in [0.4, 0.5) is 0 Å². The minimum atomic E-state index is 0.574. The van der Waals surface area contributed by atoms with Crippen molar-refractivity contribution in [2.45, 2.75) is 11.8 Å². The summed E-state index contributed by atoms with van der Waals surface area (Å²) in [6.07, 6.45) is 0. The van der Waals surface area contributed by atoms with E-state index in [1.807, 2.05) is 25.1 Å². The summed E-state index contributed by atoms with van der Waals surface area (Å²) in [5.74, 6) is 0. The molecule has 2 aromatic carbocycles. The van der Waals surface area contributed by atoms with Crippen LogP contribution in [0, 0.1) is 0 Å². The molecule has 0 heterocycles. The first-order valence-corrected chi connectivity index (χ1v) is 7.02. The first-order valence-electron chi connectivity index (χ1n) is 5.79. The van der Waals surface area contributed by atoms with Gasteiger partial charge in [0.1, 0.15) is 0 Å². The molecular formula is C15H14OS2. The lowest BCUT2D eigenvalue weighted by Gasteiger charge is -2.05. The van der Waals surface area contributed by atoms with E-state index in [9.17, 15) is 0 Å². The van der Waals surface area contributed by atoms with Crippen LogP contribution >= 0.6 is 24.0 Å². The normalized spacial score (nSPS) is 10.1. The Labute approximate surface area is 117 Å². The van der Waals surface area contributed by atoms with Crippen molar-refractivity contribution in [2.24, 2.45) is 0 Å². The van der Waals surface area contributed by atoms with Gasteiger partial charge in [0.25, 0.3) is 0 Å². The Kier molecular flexibility index (Phi) is 4.79. The summed E-state index contributed by atoms with van der Waals surface area (Å²) in [6, 6.07) is 18.7. The molecule has 18 heavy (non-hydrogen) atoms. The number of hydrogen-bond donors (Lipinski definition) is 0. The Morgan fingerprint density at radius 2 is 1.61 bits per heavy atom. The van der Waals surface area contributed by atoms with Crippen LogP contribution in [-0.4, -0.2) is 11.0 Å². The molecule has 2 rings (SSSR count). The monoisotopic (exact) mass is 274 g/mol. The third-order valence-corrected chi connectivity index (χ3v) is 3.59. The minimum Gasteiger partial charge on any atom is -0.479 e. The fourth-order valence-corrected chi connectivity index (χ4v) is 2.64. The Morgan fingerprint density at radius 1 is 1.00 bits per heavy atom. The maximum atomic E-state index is 5.26. The summed E-state index contributed by atoms with van der Waals surface area (Å²) in [5.41, 5.74) is 2.43. The second-order valence-electron chi connectivity index (χ2n) is 3.68. The highest BCUT2D eigenvalue weighted by atomic mass is 32.2. The quantitative estimate of drug-likeness (QED) is 0.589. The van der Waals surface area contributed by atoms with E-state index in [1.54, 1.807) is 0 Å². The van der Waals surface area contributed by atoms with Crippen LogP contribution in [0.1, 0.15) is 6.92 Å². The van der Waals surface area contributed by atoms with E-state index in [4.69, 9.17) is 17.0 Å². The molecule has 0 unspecified atom stereocenters. The molecule has 0 spiro atoms. The molecule has 0 saturated heterocycles. The van der Waals surface area contributed by atoms with Crippen LogP contribution < -0.4 is 0 Å². The highest BCUT2D eigenvalue weighted by molar-refractivity contribution is 8.22. The zero-order valence-electron chi connectivity index (χ0n) is 10.1. The fraction of sp³-hybridized carbons (Fsp3) is 0.133. The van der Waals surface area contributed by atoms with Gasteiger partial charge in [0.2, 0.25) is 4.38 Å². The van der Waals surface area contributed by atoms with E-state index in [2.05, 4.69) is 36.4 Å². The third-order valence-electron chi connectivity index (χ3n) is 2.42. The summed E-state index contributed by atoms with van der Waals surface area (Å²) in [4.78, 5) is 1.10. The Morgan fingerprint density at radius 3 is 2.22 bits per heavy atom. The number of thioether (sulfide) groups is 1. The molecule has 1 nitrogen and oxygen atoms in total. The van der Waals surface area contributed by atoms with Gasteiger partial charge >= 0.3 is 0 Å². The highest BCUT2D eigenvalue weighted by Gasteiger charge is 2.01. The fourth-order valence-electron chi connectivity index (χ4n) is 1.59. The second kappa shape index (κ2) is 6.57. The first kappa shape index (κ1) is 13.1. The van der Waals surface area contributed by atoms with Gasteiger partial charge in [-0.2, -0.15) is 0 Å². The molecule has 92 valence electrons. The van der Waals surface area contributed by atoms with Crippen molar-refractivity contribution >= 4 is 28.4 Å². The molecule has 0 radical (unpaired) electrons. The molecule has 0 aliphatic carbocycles. The van der Waals surface area contributed by atoms with Gasteiger partial charge in [-0.3, -0.25) is 0 Å². The standard InChI is InChI=1S/C15H14OS2/c1-2-16-15(17)18-14-10-8-13(9-11-14)12-6-4-3-5-7-12/h3-11H,2H2,1H3. The molecule has 0 aliphatic rings. The topological polar surface area (TPSA) is 9.23 Å². The molecule has 0 amide bonds. The number of ether oxygens (including phenoxy) is 1. The molecule has 3 heteroatoms. The lowest BCUT2D eigenvalue weighted by atomic mass is 10.1. The number of rotatable bonds is 3. The smallest absolute Gasteiger partial charge is 0.224 e. The van der Waals surface area contributed by atoms with Gasteiger partial charge in [0, 0.05) is 4.90 Å². The number of thiocarbonyl (C=S) groups is 1. The van der Waals surface area contributed by atoms with Gasteiger partial charge in [-0.05, 0) is 54.2 Å². The first-order chi connectivity index (χ1) is 8.79. The largest absolute Gasteiger partial charge is 0.479 e. The molecule has 0 aromatic heterocycles. The van der Waals surface area contributed by atoms with Gasteiger partial charge in [-0.1, -0.05) is 42.5 Å². The molecule has 0 fully saturated rings. The predicted octanol–water partition coefficient (Wildman–Crippen LogP) is 4.77. The minimum absolute atomic E-state index is 0.574. The lowest BCUT2D eigenvalue weighted by molar-refractivity contribution is 0.346. The summed E-state index contributed by atoms with van der Waals surface area (Å²) in [5, 5.41) is 0. The zero-order valence-corrected chi connectivity index (χ0v) is 11.8. The third kappa shape index (κ3) is 3.59. The Balaban J connectivity index is 2.09. The van der Waals surface area contributed by atoms with Crippen molar-refractivity contribution in [2.75, 3.05) is 6.61 Å². The molecule has 0 aliphatic heterocycles. The van der Waals surface area contributed by atoms with Crippen LogP contribution in [0.25, 0.3) is 11.1 Å². The maximum Gasteiger partial charge on any atom is 0.224 e. The van der Waals surface area contributed by atoms with Crippen molar-refractivity contribution in [3.8, 4) is 11.1 Å². The van der Waals surface area contributed by atoms with Gasteiger partial charge in [0.05, 0.1) is 6.61 Å². The van der Waals surface area contributed by atoms with Crippen molar-refractivity contribution in [1.82, 2.24) is 0 Å². The van der Waals surface area contributed by atoms with Crippen LogP contribution in [0.3, 0.4) is 0 Å². The predicted molar refractivity (Wildman–Crippen MR) is 82.0 cm³/mol. The number of benzene rings is 2. The molecule has 0 atom stereocenters. The summed E-state index contributed by atoms with van der Waals surface area (Å²) < 4.78 is 5.83. The van der Waals surface area contributed by atoms with E-state index < -0.39 is 0 Å². The van der Waals surface area contributed by atoms with E-state index in [1.165, 1.54) is 22.9 Å². The Hall–Kier alpha value is -1.32. The number of hydrogen-bond acceptors (Lipinski definition) is 3. The highest BCUT2D eigenvalue weighted by Crippen LogP contribution is 2.25. The van der Waals surface area contributed by atoms with Gasteiger partial charge in [-0.15, -0.1) is 0 Å². The molecule has 2 aromatic rings. The van der Waals surface area contributed by atoms with Gasteiger partial charge in [-0.25, -0.2) is 0 Å². The van der Waals surface area contributed by atoms with Gasteiger partial charge in [0.15, 0.2) is 0 Å². The summed E-state index contributed by atoms with van der Waals surface area (Å²) in [7, 11) is 0. The van der Waals surface area contributed by atoms with Gasteiger partial charge < -0.3 is 4.74 Å². The van der Waals surface area contributed by atoms with Crippen molar-refractivity contribution in [3.05, 3.63) is 54.6 Å². The van der Waals surface area contributed by atoms with Crippen molar-refractivity contribution in [1.29, 1.82) is 0 Å². The van der Waals surface area contributed by atoms with E-state index in [-0.39, 0.29) is 0 Å². The summed E-state index contributed by atoms with van der Waals surface area (Å²) in [6.45, 7) is 2.55. The van der Waals surface area contributed by atoms with E-state index in [0.717, 1.165) is 4.90 Å². The van der Waals surface area contributed by atoms with Crippen LogP contribution in [-0.2, 0) is 4.74 Å². The SMILES string of the molecule is CCOC(=S)Sc1ccc(-c2ccccc2)cc1. The van der Waals surface area contributed by atoms with Crippen LogP contribution in [0.15, 0.2) is 59.5 Å². The van der Waals surface area contributed by atoms with Crippen molar-refractivity contribution in [3.63, 3.8) is 0 Å². The zero-order chi connectivity index (χ0) is 12.8. The van der Waals surface area contributed by atoms with Crippen LogP contribution in [0.5, 0.6) is 0 Å². The molecular weight excluding hydrogens is 260 g/mol. The Bertz CT molecular complexity index is 506. The average molecular weight is 274 g/mol. The second-order valence-corrected chi connectivity index (χ2v) is 5.35. The van der Waals surface area contributed by atoms with Crippen LogP contribution in [0.2, 0.25) is 0 Å². The van der Waals surface area contributed by atoms with E-state index in [0.29, 0.717) is 11.0 Å². The maximum absolute atomic E-state index is 5.26.